The molecule has 6 heteroatoms. The maximum atomic E-state index is 10.3. The molecular formula is C30H36N4OS. The van der Waals surface area contributed by atoms with Crippen molar-refractivity contribution in [1.82, 2.24) is 4.90 Å². The van der Waals surface area contributed by atoms with Crippen LogP contribution in [0.15, 0.2) is 58.5 Å². The minimum absolute atomic E-state index is 0.122. The molecule has 36 heavy (non-hydrogen) atoms. The van der Waals surface area contributed by atoms with E-state index in [0.717, 1.165) is 50.4 Å². The predicted octanol–water partition coefficient (Wildman–Crippen LogP) is 4.59. The van der Waals surface area contributed by atoms with Gasteiger partial charge in [-0.2, -0.15) is 5.26 Å². The molecule has 0 aromatic heterocycles. The minimum Gasteiger partial charge on any atom is -0.360 e. The van der Waals surface area contributed by atoms with Crippen LogP contribution in [0.5, 0.6) is 0 Å². The maximum Gasteiger partial charge on any atom is 0.119 e. The van der Waals surface area contributed by atoms with E-state index in [0.29, 0.717) is 12.6 Å². The summed E-state index contributed by atoms with van der Waals surface area (Å²) >= 11 is 0. The second-order valence-corrected chi connectivity index (χ2v) is 15.7. The topological polar surface area (TPSA) is 61.0 Å². The number of amidine groups is 1. The number of benzene rings is 2. The summed E-state index contributed by atoms with van der Waals surface area (Å²) < 4.78 is 6.16. The van der Waals surface area contributed by atoms with Gasteiger partial charge in [0.15, 0.2) is 0 Å². The summed E-state index contributed by atoms with van der Waals surface area (Å²) in [4.78, 5) is 11.8. The average Bonchev–Trinajstić information content (AvgIpc) is 3.39. The van der Waals surface area contributed by atoms with E-state index in [1.807, 2.05) is 0 Å². The fourth-order valence-electron chi connectivity index (χ4n) is 6.37. The highest BCUT2D eigenvalue weighted by molar-refractivity contribution is 8.38. The summed E-state index contributed by atoms with van der Waals surface area (Å²) in [6, 6.07) is 20.0. The second-order valence-electron chi connectivity index (χ2n) is 11.5. The molecule has 2 atom stereocenters. The molecule has 3 heterocycles. The van der Waals surface area contributed by atoms with Crippen LogP contribution in [0, 0.1) is 22.7 Å². The number of rotatable bonds is 8. The van der Waals surface area contributed by atoms with Crippen molar-refractivity contribution in [1.29, 1.82) is 5.26 Å². The highest BCUT2D eigenvalue weighted by Crippen LogP contribution is 2.57. The number of hydrogen-bond acceptors (Lipinski definition) is 5. The maximum absolute atomic E-state index is 10.3. The van der Waals surface area contributed by atoms with Crippen molar-refractivity contribution in [3.05, 3.63) is 70.8 Å². The molecule has 6 rings (SSSR count). The smallest absolute Gasteiger partial charge is 0.119 e. The number of hydrogen-bond donors (Lipinski definition) is 0. The Balaban J connectivity index is 1.21. The molecule has 0 bridgehead atoms. The third-order valence-electron chi connectivity index (χ3n) is 9.00. The standard InChI is InChI=1S/C30H36N4OS/c1-23-18-34(22-35-10-11-36(2)12-13-36)28-30(23,20-32-21-33-28)15-24-6-5-9-27(14-24)29(19-31)16-25-7-3-4-8-26(25)17-29/h3-9,14,21,23H,10-13,15-18,20,22H2,1-2H3. The number of nitrogens with zero attached hydrogens (tertiary/aromatic N) is 4. The van der Waals surface area contributed by atoms with Gasteiger partial charge in [-0.15, -0.1) is 0 Å². The first-order valence-corrected chi connectivity index (χ1v) is 15.7. The number of likely N-dealkylation sites (tertiary alicyclic amines) is 1. The molecule has 0 radical (unpaired) electrons. The molecule has 0 amide bonds. The summed E-state index contributed by atoms with van der Waals surface area (Å²) in [6.07, 6.45) is 6.62. The summed E-state index contributed by atoms with van der Waals surface area (Å²) in [5, 5.41) is 10.3. The molecule has 2 fully saturated rings. The van der Waals surface area contributed by atoms with Gasteiger partial charge >= 0.3 is 0 Å². The summed E-state index contributed by atoms with van der Waals surface area (Å²) in [7, 11) is -0.311. The lowest BCUT2D eigenvalue weighted by Gasteiger charge is -2.34. The SMILES string of the molecule is CC1CN(COCCS2(C)CC2)C2=NC=NCC21Cc1cccc(C2(C#N)Cc3ccccc3C2)c1. The van der Waals surface area contributed by atoms with Crippen molar-refractivity contribution < 1.29 is 4.74 Å². The molecule has 0 spiro atoms. The van der Waals surface area contributed by atoms with Crippen LogP contribution in [-0.2, 0) is 29.4 Å². The van der Waals surface area contributed by atoms with Crippen molar-refractivity contribution in [2.24, 2.45) is 21.3 Å². The van der Waals surface area contributed by atoms with Crippen LogP contribution in [0.3, 0.4) is 0 Å². The summed E-state index contributed by atoms with van der Waals surface area (Å²) in [5.74, 6) is 5.62. The second kappa shape index (κ2) is 9.04. The fraction of sp³-hybridized carbons (Fsp3) is 0.500. The predicted molar refractivity (Wildman–Crippen MR) is 149 cm³/mol. The fourth-order valence-corrected chi connectivity index (χ4v) is 8.44. The molecule has 5 nitrogen and oxygen atoms in total. The third-order valence-corrected chi connectivity index (χ3v) is 12.0. The summed E-state index contributed by atoms with van der Waals surface area (Å²) in [6.45, 7) is 5.50. The molecule has 2 saturated heterocycles. The van der Waals surface area contributed by atoms with Gasteiger partial charge in [-0.3, -0.25) is 4.99 Å². The average molecular weight is 501 g/mol. The Kier molecular flexibility index (Phi) is 5.97. The van der Waals surface area contributed by atoms with E-state index in [9.17, 15) is 5.26 Å². The normalized spacial score (nSPS) is 27.6. The molecule has 0 saturated carbocycles. The number of nitriles is 1. The van der Waals surface area contributed by atoms with E-state index >= 15 is 0 Å². The number of fused-ring (bicyclic) bond motifs is 2. The van der Waals surface area contributed by atoms with Gasteiger partial charge in [-0.05, 0) is 65.2 Å². The zero-order chi connectivity index (χ0) is 24.8. The Morgan fingerprint density at radius 2 is 1.92 bits per heavy atom. The monoisotopic (exact) mass is 500 g/mol. The van der Waals surface area contributed by atoms with Crippen molar-refractivity contribution in [3.63, 3.8) is 0 Å². The van der Waals surface area contributed by atoms with Crippen molar-refractivity contribution >= 4 is 22.2 Å². The van der Waals surface area contributed by atoms with E-state index in [4.69, 9.17) is 9.73 Å². The molecule has 2 aromatic carbocycles. The van der Waals surface area contributed by atoms with Gasteiger partial charge in [-0.1, -0.05) is 55.5 Å². The molecular weight excluding hydrogens is 464 g/mol. The van der Waals surface area contributed by atoms with Crippen LogP contribution < -0.4 is 0 Å². The largest absolute Gasteiger partial charge is 0.360 e. The van der Waals surface area contributed by atoms with Crippen molar-refractivity contribution in [2.75, 3.05) is 49.9 Å². The Hall–Kier alpha value is -2.62. The Bertz CT molecular complexity index is 1230. The lowest BCUT2D eigenvalue weighted by atomic mass is 9.72. The van der Waals surface area contributed by atoms with Crippen LogP contribution in [-0.4, -0.2) is 67.0 Å². The molecule has 4 aliphatic rings. The quantitative estimate of drug-likeness (QED) is 0.393. The zero-order valence-corrected chi connectivity index (χ0v) is 22.3. The first-order chi connectivity index (χ1) is 17.5. The van der Waals surface area contributed by atoms with Gasteiger partial charge in [0.25, 0.3) is 0 Å². The van der Waals surface area contributed by atoms with Crippen LogP contribution >= 0.6 is 10.0 Å². The number of aliphatic imine (C=N–C) groups is 2. The van der Waals surface area contributed by atoms with E-state index in [1.165, 1.54) is 33.9 Å². The highest BCUT2D eigenvalue weighted by Gasteiger charge is 2.51. The van der Waals surface area contributed by atoms with Crippen LogP contribution in [0.1, 0.15) is 29.2 Å². The van der Waals surface area contributed by atoms with Crippen molar-refractivity contribution in [2.45, 2.75) is 31.6 Å². The zero-order valence-electron chi connectivity index (χ0n) is 21.4. The molecule has 2 unspecified atom stereocenters. The lowest BCUT2D eigenvalue weighted by Crippen LogP contribution is -2.43. The molecule has 188 valence electrons. The van der Waals surface area contributed by atoms with E-state index < -0.39 is 5.41 Å². The van der Waals surface area contributed by atoms with Gasteiger partial charge in [0, 0.05) is 12.3 Å². The molecule has 3 aliphatic heterocycles. The Morgan fingerprint density at radius 1 is 1.14 bits per heavy atom. The van der Waals surface area contributed by atoms with Crippen LogP contribution in [0.4, 0.5) is 0 Å². The minimum atomic E-state index is -0.486. The molecule has 1 aliphatic carbocycles. The van der Waals surface area contributed by atoms with Crippen LogP contribution in [0.2, 0.25) is 0 Å². The Morgan fingerprint density at radius 3 is 2.64 bits per heavy atom. The molecule has 0 N–H and O–H groups in total. The Labute approximate surface area is 216 Å². The van der Waals surface area contributed by atoms with Gasteiger partial charge in [0.05, 0.1) is 30.1 Å². The number of ether oxygens (including phenoxy) is 1. The molecule has 2 aromatic rings. The lowest BCUT2D eigenvalue weighted by molar-refractivity contribution is 0.0775. The van der Waals surface area contributed by atoms with Gasteiger partial charge < -0.3 is 9.64 Å². The van der Waals surface area contributed by atoms with E-state index in [2.05, 4.69) is 77.7 Å². The highest BCUT2D eigenvalue weighted by atomic mass is 32.3. The summed E-state index contributed by atoms with van der Waals surface area (Å²) in [5.41, 5.74) is 4.40. The van der Waals surface area contributed by atoms with Gasteiger partial charge in [0.1, 0.15) is 18.9 Å². The van der Waals surface area contributed by atoms with Gasteiger partial charge in [-0.25, -0.2) is 15.0 Å². The van der Waals surface area contributed by atoms with E-state index in [1.54, 1.807) is 6.34 Å². The first kappa shape index (κ1) is 23.8. The van der Waals surface area contributed by atoms with Crippen LogP contribution in [0.25, 0.3) is 0 Å². The van der Waals surface area contributed by atoms with E-state index in [-0.39, 0.29) is 15.4 Å². The van der Waals surface area contributed by atoms with Gasteiger partial charge in [0.2, 0.25) is 0 Å². The third kappa shape index (κ3) is 4.17. The first-order valence-electron chi connectivity index (χ1n) is 13.1. The van der Waals surface area contributed by atoms with Crippen molar-refractivity contribution in [3.8, 4) is 6.07 Å².